The van der Waals surface area contributed by atoms with Crippen molar-refractivity contribution in [1.29, 1.82) is 0 Å². The minimum Gasteiger partial charge on any atom is -0.480 e. The van der Waals surface area contributed by atoms with Crippen molar-refractivity contribution in [2.75, 3.05) is 13.2 Å². The van der Waals surface area contributed by atoms with E-state index in [0.29, 0.717) is 12.8 Å². The van der Waals surface area contributed by atoms with Crippen molar-refractivity contribution in [2.45, 2.75) is 57.9 Å². The number of rotatable bonds is 7. The summed E-state index contributed by atoms with van der Waals surface area (Å²) in [6.07, 6.45) is 1.93. The van der Waals surface area contributed by atoms with Crippen LogP contribution in [0.1, 0.15) is 63.5 Å². The number of nitrogens with one attached hydrogen (secondary N) is 2. The molecule has 0 heterocycles. The normalized spacial score (nSPS) is 21.5. The first-order valence-electron chi connectivity index (χ1n) is 12.3. The number of ether oxygens (including phenoxy) is 1. The molecule has 2 aromatic carbocycles. The zero-order valence-electron chi connectivity index (χ0n) is 20.6. The Hall–Kier alpha value is -3.35. The fraction of sp³-hybridized carbons (Fsp3) is 0.464. The summed E-state index contributed by atoms with van der Waals surface area (Å²) < 4.78 is 5.56. The fourth-order valence-electron chi connectivity index (χ4n) is 5.32. The molecule has 2 aliphatic carbocycles. The molecule has 2 aliphatic rings. The number of carboxylic acid groups (broad SMARTS) is 1. The number of aliphatic carboxylic acids is 1. The van der Waals surface area contributed by atoms with Crippen molar-refractivity contribution in [1.82, 2.24) is 10.6 Å². The van der Waals surface area contributed by atoms with Gasteiger partial charge in [-0.3, -0.25) is 4.79 Å². The molecule has 7 heteroatoms. The van der Waals surface area contributed by atoms with Gasteiger partial charge in [0.05, 0.1) is 5.41 Å². The number of benzene rings is 2. The third-order valence-corrected chi connectivity index (χ3v) is 7.39. The number of alkyl carbamates (subject to hydrolysis) is 1. The molecular formula is C28H34N2O5. The van der Waals surface area contributed by atoms with Gasteiger partial charge < -0.3 is 20.5 Å². The second-order valence-electron chi connectivity index (χ2n) is 10.6. The molecule has 2 aromatic rings. The molecule has 35 heavy (non-hydrogen) atoms. The molecule has 0 aliphatic heterocycles. The topological polar surface area (TPSA) is 105 Å². The van der Waals surface area contributed by atoms with Gasteiger partial charge in [-0.1, -0.05) is 68.3 Å². The highest BCUT2D eigenvalue weighted by Gasteiger charge is 2.45. The lowest BCUT2D eigenvalue weighted by Crippen LogP contribution is -2.60. The van der Waals surface area contributed by atoms with Crippen LogP contribution in [-0.4, -0.2) is 41.8 Å². The van der Waals surface area contributed by atoms with E-state index < -0.39 is 28.9 Å². The quantitative estimate of drug-likeness (QED) is 0.535. The largest absolute Gasteiger partial charge is 0.480 e. The number of hydrogen-bond acceptors (Lipinski definition) is 4. The van der Waals surface area contributed by atoms with Crippen molar-refractivity contribution >= 4 is 18.0 Å². The lowest BCUT2D eigenvalue weighted by Gasteiger charge is -2.39. The summed E-state index contributed by atoms with van der Waals surface area (Å²) in [5.74, 6) is -1.22. The van der Waals surface area contributed by atoms with E-state index in [-0.39, 0.29) is 25.0 Å². The maximum atomic E-state index is 13.0. The van der Waals surface area contributed by atoms with Gasteiger partial charge in [-0.05, 0) is 54.9 Å². The maximum Gasteiger partial charge on any atom is 0.407 e. The average Bonchev–Trinajstić information content (AvgIpc) is 3.15. The lowest BCUT2D eigenvalue weighted by molar-refractivity contribution is -0.151. The zero-order valence-corrected chi connectivity index (χ0v) is 20.6. The van der Waals surface area contributed by atoms with E-state index in [1.54, 1.807) is 13.8 Å². The smallest absolute Gasteiger partial charge is 0.407 e. The molecule has 0 bridgehead atoms. The Labute approximate surface area is 206 Å². The van der Waals surface area contributed by atoms with Crippen LogP contribution < -0.4 is 10.6 Å². The van der Waals surface area contributed by atoms with Crippen LogP contribution in [0, 0.1) is 11.3 Å². The predicted octanol–water partition coefficient (Wildman–Crippen LogP) is 4.70. The lowest BCUT2D eigenvalue weighted by atomic mass is 9.75. The maximum absolute atomic E-state index is 13.0. The Balaban J connectivity index is 1.34. The minimum absolute atomic E-state index is 0.0285. The van der Waals surface area contributed by atoms with Gasteiger partial charge in [0.25, 0.3) is 0 Å². The van der Waals surface area contributed by atoms with Crippen LogP contribution in [0.3, 0.4) is 0 Å². The van der Waals surface area contributed by atoms with Gasteiger partial charge >= 0.3 is 12.1 Å². The highest BCUT2D eigenvalue weighted by atomic mass is 16.5. The van der Waals surface area contributed by atoms with E-state index in [1.165, 1.54) is 0 Å². The van der Waals surface area contributed by atoms with E-state index in [0.717, 1.165) is 35.1 Å². The number of carbonyl (C=O) groups is 3. The van der Waals surface area contributed by atoms with E-state index in [2.05, 4.69) is 34.9 Å². The molecule has 0 radical (unpaired) electrons. The molecule has 7 nitrogen and oxygen atoms in total. The van der Waals surface area contributed by atoms with Gasteiger partial charge in [0, 0.05) is 12.5 Å². The zero-order chi connectivity index (χ0) is 25.2. The molecule has 4 rings (SSSR count). The van der Waals surface area contributed by atoms with E-state index in [9.17, 15) is 19.5 Å². The van der Waals surface area contributed by atoms with Gasteiger partial charge in [-0.25, -0.2) is 9.59 Å². The Bertz CT molecular complexity index is 1080. The molecular weight excluding hydrogens is 444 g/mol. The van der Waals surface area contributed by atoms with Gasteiger partial charge in [0.2, 0.25) is 5.91 Å². The Kier molecular flexibility index (Phi) is 6.88. The second-order valence-corrected chi connectivity index (χ2v) is 10.6. The SMILES string of the molecule is CC1CCCC(NC(=O)C(C)(C)CNC(=O)OCC2c3ccccc3-c3ccccc32)(C(=O)O)C1. The third kappa shape index (κ3) is 5.04. The van der Waals surface area contributed by atoms with Crippen LogP contribution in [0.4, 0.5) is 4.79 Å². The molecule has 186 valence electrons. The monoisotopic (exact) mass is 478 g/mol. The molecule has 1 fully saturated rings. The van der Waals surface area contributed by atoms with Crippen LogP contribution in [0.15, 0.2) is 48.5 Å². The molecule has 2 atom stereocenters. The summed E-state index contributed by atoms with van der Waals surface area (Å²) in [6.45, 7) is 5.60. The molecule has 2 unspecified atom stereocenters. The standard InChI is InChI=1S/C28H34N2O5/c1-18-9-8-14-28(15-18,25(32)33)30-24(31)27(2,3)17-29-26(34)35-16-23-21-12-6-4-10-19(21)20-11-5-7-13-22(20)23/h4-7,10-13,18,23H,8-9,14-17H2,1-3H3,(H,29,34)(H,30,31)(H,32,33). The minimum atomic E-state index is -1.25. The predicted molar refractivity (Wildman–Crippen MR) is 133 cm³/mol. The van der Waals surface area contributed by atoms with Crippen molar-refractivity contribution < 1.29 is 24.2 Å². The Morgan fingerprint density at radius 1 is 1.06 bits per heavy atom. The molecule has 0 saturated heterocycles. The van der Waals surface area contributed by atoms with Crippen LogP contribution in [0.2, 0.25) is 0 Å². The van der Waals surface area contributed by atoms with E-state index in [4.69, 9.17) is 4.74 Å². The summed E-state index contributed by atoms with van der Waals surface area (Å²) in [7, 11) is 0. The molecule has 0 spiro atoms. The summed E-state index contributed by atoms with van der Waals surface area (Å²) in [4.78, 5) is 37.6. The third-order valence-electron chi connectivity index (χ3n) is 7.39. The van der Waals surface area contributed by atoms with Crippen LogP contribution in [-0.2, 0) is 14.3 Å². The van der Waals surface area contributed by atoms with Gasteiger partial charge in [0.15, 0.2) is 0 Å². The van der Waals surface area contributed by atoms with E-state index in [1.807, 2.05) is 31.2 Å². The Morgan fingerprint density at radius 2 is 1.66 bits per heavy atom. The number of hydrogen-bond donors (Lipinski definition) is 3. The average molecular weight is 479 g/mol. The highest BCUT2D eigenvalue weighted by Crippen LogP contribution is 2.44. The molecule has 0 aromatic heterocycles. The molecule has 2 amide bonds. The number of carbonyl (C=O) groups excluding carboxylic acids is 2. The number of fused-ring (bicyclic) bond motifs is 3. The number of amides is 2. The number of carboxylic acids is 1. The first-order chi connectivity index (χ1) is 16.6. The Morgan fingerprint density at radius 3 is 2.23 bits per heavy atom. The summed E-state index contributed by atoms with van der Waals surface area (Å²) in [5.41, 5.74) is 2.30. The summed E-state index contributed by atoms with van der Waals surface area (Å²) in [5, 5.41) is 15.3. The van der Waals surface area contributed by atoms with Crippen LogP contribution >= 0.6 is 0 Å². The fourth-order valence-corrected chi connectivity index (χ4v) is 5.32. The van der Waals surface area contributed by atoms with E-state index >= 15 is 0 Å². The first-order valence-corrected chi connectivity index (χ1v) is 12.3. The van der Waals surface area contributed by atoms with Gasteiger partial charge in [-0.15, -0.1) is 0 Å². The van der Waals surface area contributed by atoms with Gasteiger partial charge in [0.1, 0.15) is 12.1 Å². The molecule has 1 saturated carbocycles. The summed E-state index contributed by atoms with van der Waals surface area (Å²) >= 11 is 0. The van der Waals surface area contributed by atoms with Crippen molar-refractivity contribution in [3.05, 3.63) is 59.7 Å². The summed E-state index contributed by atoms with van der Waals surface area (Å²) in [6, 6.07) is 16.2. The first kappa shape index (κ1) is 24.8. The van der Waals surface area contributed by atoms with Crippen LogP contribution in [0.5, 0.6) is 0 Å². The highest BCUT2D eigenvalue weighted by molar-refractivity contribution is 5.90. The van der Waals surface area contributed by atoms with Crippen molar-refractivity contribution in [3.63, 3.8) is 0 Å². The van der Waals surface area contributed by atoms with Crippen LogP contribution in [0.25, 0.3) is 11.1 Å². The van der Waals surface area contributed by atoms with Crippen molar-refractivity contribution in [3.8, 4) is 11.1 Å². The van der Waals surface area contributed by atoms with Gasteiger partial charge in [-0.2, -0.15) is 0 Å². The van der Waals surface area contributed by atoms with Crippen molar-refractivity contribution in [2.24, 2.45) is 11.3 Å². The molecule has 3 N–H and O–H groups in total. The second kappa shape index (κ2) is 9.72.